The van der Waals surface area contributed by atoms with Crippen LogP contribution in [0.2, 0.25) is 0 Å². The van der Waals surface area contributed by atoms with Crippen LogP contribution in [0.5, 0.6) is 0 Å². The van der Waals surface area contributed by atoms with Crippen LogP contribution in [-0.2, 0) is 11.2 Å². The summed E-state index contributed by atoms with van der Waals surface area (Å²) < 4.78 is 0. The highest BCUT2D eigenvalue weighted by molar-refractivity contribution is 7.99. The normalized spacial score (nSPS) is 19.9. The number of carbonyl (C=O) groups excluding carboxylic acids is 1. The van der Waals surface area contributed by atoms with Gasteiger partial charge in [-0.15, -0.1) is 0 Å². The summed E-state index contributed by atoms with van der Waals surface area (Å²) in [5, 5.41) is 0. The number of nitrogens with zero attached hydrogens (tertiary/aromatic N) is 4. The molecule has 2 saturated heterocycles. The van der Waals surface area contributed by atoms with E-state index >= 15 is 0 Å². The van der Waals surface area contributed by atoms with Crippen molar-refractivity contribution in [3.05, 3.63) is 18.1 Å². The van der Waals surface area contributed by atoms with E-state index in [-0.39, 0.29) is 0 Å². The fourth-order valence-corrected chi connectivity index (χ4v) is 4.21. The molecule has 0 aliphatic carbocycles. The number of thioether (sulfide) groups is 1. The molecule has 0 unspecified atom stereocenters. The highest BCUT2D eigenvalue weighted by atomic mass is 32.2. The third-order valence-electron chi connectivity index (χ3n) is 4.84. The summed E-state index contributed by atoms with van der Waals surface area (Å²) >= 11 is 1.95. The molecule has 0 radical (unpaired) electrons. The van der Waals surface area contributed by atoms with Crippen molar-refractivity contribution in [2.75, 3.05) is 42.6 Å². The van der Waals surface area contributed by atoms with Gasteiger partial charge in [0, 0.05) is 55.9 Å². The highest BCUT2D eigenvalue weighted by Gasteiger charge is 2.25. The van der Waals surface area contributed by atoms with Crippen LogP contribution in [0.15, 0.2) is 12.4 Å². The molecule has 3 rings (SSSR count). The van der Waals surface area contributed by atoms with E-state index in [1.165, 1.54) is 0 Å². The predicted molar refractivity (Wildman–Crippen MR) is 94.9 cm³/mol. The zero-order valence-corrected chi connectivity index (χ0v) is 14.7. The Morgan fingerprint density at radius 2 is 1.96 bits per heavy atom. The fraction of sp³-hybridized carbons (Fsp3) is 0.706. The highest BCUT2D eigenvalue weighted by Crippen LogP contribution is 2.25. The van der Waals surface area contributed by atoms with Gasteiger partial charge < -0.3 is 9.80 Å². The molecule has 3 heterocycles. The van der Waals surface area contributed by atoms with Crippen LogP contribution < -0.4 is 4.90 Å². The van der Waals surface area contributed by atoms with Crippen molar-refractivity contribution in [3.63, 3.8) is 0 Å². The van der Waals surface area contributed by atoms with Crippen LogP contribution in [0.3, 0.4) is 0 Å². The fourth-order valence-electron chi connectivity index (χ4n) is 3.31. The molecule has 2 fully saturated rings. The maximum absolute atomic E-state index is 12.4. The van der Waals surface area contributed by atoms with E-state index < -0.39 is 0 Å². The molecule has 2 aliphatic heterocycles. The number of hydrogen-bond donors (Lipinski definition) is 0. The van der Waals surface area contributed by atoms with Crippen LogP contribution in [0.1, 0.15) is 31.9 Å². The monoisotopic (exact) mass is 334 g/mol. The van der Waals surface area contributed by atoms with Crippen molar-refractivity contribution in [1.29, 1.82) is 0 Å². The summed E-state index contributed by atoms with van der Waals surface area (Å²) in [5.41, 5.74) is 1.09. The van der Waals surface area contributed by atoms with Crippen molar-refractivity contribution in [2.24, 2.45) is 5.92 Å². The second-order valence-corrected chi connectivity index (χ2v) is 7.57. The summed E-state index contributed by atoms with van der Waals surface area (Å²) in [5.74, 6) is 4.12. The first-order valence-corrected chi connectivity index (χ1v) is 9.83. The Morgan fingerprint density at radius 3 is 2.65 bits per heavy atom. The van der Waals surface area contributed by atoms with E-state index in [2.05, 4.69) is 32.8 Å². The van der Waals surface area contributed by atoms with Gasteiger partial charge in [0.15, 0.2) is 0 Å². The van der Waals surface area contributed by atoms with Gasteiger partial charge in [0.25, 0.3) is 0 Å². The number of hydrogen-bond acceptors (Lipinski definition) is 5. The molecule has 0 atom stereocenters. The molecule has 0 saturated carbocycles. The molecule has 126 valence electrons. The van der Waals surface area contributed by atoms with Gasteiger partial charge in [0.05, 0.1) is 0 Å². The molecule has 23 heavy (non-hydrogen) atoms. The van der Waals surface area contributed by atoms with Crippen molar-refractivity contribution < 1.29 is 4.79 Å². The van der Waals surface area contributed by atoms with Crippen LogP contribution in [-0.4, -0.2) is 58.5 Å². The maximum atomic E-state index is 12.4. The molecular formula is C17H26N4OS. The lowest BCUT2D eigenvalue weighted by Crippen LogP contribution is -2.40. The molecule has 1 amide bonds. The summed E-state index contributed by atoms with van der Waals surface area (Å²) in [4.78, 5) is 25.4. The Hall–Kier alpha value is -1.30. The second kappa shape index (κ2) is 7.99. The molecule has 2 aliphatic rings. The number of anilines is 1. The minimum Gasteiger partial charge on any atom is -0.356 e. The molecular weight excluding hydrogens is 308 g/mol. The van der Waals surface area contributed by atoms with E-state index in [1.54, 1.807) is 6.33 Å². The van der Waals surface area contributed by atoms with E-state index in [1.807, 2.05) is 11.8 Å². The summed E-state index contributed by atoms with van der Waals surface area (Å²) in [6.07, 6.45) is 5.49. The molecule has 1 aromatic heterocycles. The van der Waals surface area contributed by atoms with Gasteiger partial charge in [-0.25, -0.2) is 9.97 Å². The molecule has 0 N–H and O–H groups in total. The average molecular weight is 334 g/mol. The van der Waals surface area contributed by atoms with Crippen LogP contribution in [0.25, 0.3) is 0 Å². The van der Waals surface area contributed by atoms with Crippen LogP contribution >= 0.6 is 11.8 Å². The largest absolute Gasteiger partial charge is 0.356 e. The molecule has 1 aromatic rings. The molecule has 0 bridgehead atoms. The first-order chi connectivity index (χ1) is 11.3. The van der Waals surface area contributed by atoms with Gasteiger partial charge in [0.2, 0.25) is 5.91 Å². The van der Waals surface area contributed by atoms with Crippen molar-refractivity contribution in [2.45, 2.75) is 32.6 Å². The summed E-state index contributed by atoms with van der Waals surface area (Å²) in [7, 11) is 0. The Kier molecular flexibility index (Phi) is 5.75. The first-order valence-electron chi connectivity index (χ1n) is 8.67. The van der Waals surface area contributed by atoms with Crippen molar-refractivity contribution in [3.8, 4) is 0 Å². The molecule has 5 nitrogen and oxygen atoms in total. The SMILES string of the molecule is CCc1cc(N2CCC(CC(=O)N3CCSCC3)CC2)ncn1. The lowest BCUT2D eigenvalue weighted by Gasteiger charge is -2.34. The molecule has 0 aromatic carbocycles. The van der Waals surface area contributed by atoms with E-state index in [0.29, 0.717) is 11.8 Å². The number of piperidine rings is 1. The molecule has 6 heteroatoms. The Morgan fingerprint density at radius 1 is 1.22 bits per heavy atom. The van der Waals surface area contributed by atoms with Gasteiger partial charge in [-0.2, -0.15) is 11.8 Å². The third kappa shape index (κ3) is 4.37. The van der Waals surface area contributed by atoms with Gasteiger partial charge in [-0.3, -0.25) is 4.79 Å². The number of rotatable bonds is 4. The first kappa shape index (κ1) is 16.6. The predicted octanol–water partition coefficient (Wildman–Crippen LogP) is 2.22. The smallest absolute Gasteiger partial charge is 0.222 e. The standard InChI is InChI=1S/C17H26N4OS/c1-2-15-12-16(19-13-18-15)20-5-3-14(4-6-20)11-17(22)21-7-9-23-10-8-21/h12-14H,2-11H2,1H3. The Bertz CT molecular complexity index is 525. The number of amides is 1. The van der Waals surface area contributed by atoms with Gasteiger partial charge in [-0.05, 0) is 25.2 Å². The zero-order chi connectivity index (χ0) is 16.1. The zero-order valence-electron chi connectivity index (χ0n) is 13.9. The van der Waals surface area contributed by atoms with Gasteiger partial charge >= 0.3 is 0 Å². The number of carbonyl (C=O) groups is 1. The molecule has 0 spiro atoms. The van der Waals surface area contributed by atoms with Crippen molar-refractivity contribution in [1.82, 2.24) is 14.9 Å². The second-order valence-electron chi connectivity index (χ2n) is 6.35. The van der Waals surface area contributed by atoms with Gasteiger partial charge in [-0.1, -0.05) is 6.92 Å². The quantitative estimate of drug-likeness (QED) is 0.845. The third-order valence-corrected chi connectivity index (χ3v) is 5.78. The van der Waals surface area contributed by atoms with Crippen molar-refractivity contribution >= 4 is 23.5 Å². The van der Waals surface area contributed by atoms with Gasteiger partial charge in [0.1, 0.15) is 12.1 Å². The van der Waals surface area contributed by atoms with E-state index in [0.717, 1.165) is 74.9 Å². The Labute approximate surface area is 142 Å². The summed E-state index contributed by atoms with van der Waals surface area (Å²) in [6.45, 7) is 5.97. The number of aryl methyl sites for hydroxylation is 1. The Balaban J connectivity index is 1.49. The summed E-state index contributed by atoms with van der Waals surface area (Å²) in [6, 6.07) is 2.09. The topological polar surface area (TPSA) is 49.3 Å². The minimum atomic E-state index is 0.360. The van der Waals surface area contributed by atoms with Crippen LogP contribution in [0, 0.1) is 5.92 Å². The van der Waals surface area contributed by atoms with E-state index in [9.17, 15) is 4.79 Å². The maximum Gasteiger partial charge on any atom is 0.222 e. The minimum absolute atomic E-state index is 0.360. The lowest BCUT2D eigenvalue weighted by atomic mass is 9.93. The number of aromatic nitrogens is 2. The van der Waals surface area contributed by atoms with E-state index in [4.69, 9.17) is 0 Å². The lowest BCUT2D eigenvalue weighted by molar-refractivity contribution is -0.132. The van der Waals surface area contributed by atoms with Crippen LogP contribution in [0.4, 0.5) is 5.82 Å². The average Bonchev–Trinajstić information content (AvgIpc) is 2.63.